The Labute approximate surface area is 171 Å². The van der Waals surface area contributed by atoms with E-state index in [1.807, 2.05) is 0 Å². The first-order chi connectivity index (χ1) is 14.4. The summed E-state index contributed by atoms with van der Waals surface area (Å²) in [7, 11) is 0. The molecule has 1 aliphatic heterocycles. The zero-order chi connectivity index (χ0) is 21.3. The van der Waals surface area contributed by atoms with Gasteiger partial charge in [-0.05, 0) is 42.8 Å². The van der Waals surface area contributed by atoms with Crippen LogP contribution in [0.4, 0.5) is 9.18 Å². The molecule has 0 aliphatic carbocycles. The average molecular weight is 407 g/mol. The molecule has 3 aromatic rings. The Hall–Kier alpha value is -3.94. The van der Waals surface area contributed by atoms with Gasteiger partial charge in [0.25, 0.3) is 11.5 Å². The number of nitrogens with one attached hydrogen (secondary N) is 2. The maximum Gasteiger partial charge on any atom is 0.322 e. The second-order valence-corrected chi connectivity index (χ2v) is 7.02. The summed E-state index contributed by atoms with van der Waals surface area (Å²) >= 11 is 0. The Balaban J connectivity index is 1.68. The van der Waals surface area contributed by atoms with Crippen LogP contribution in [0, 0.1) is 12.7 Å². The third kappa shape index (κ3) is 3.55. The van der Waals surface area contributed by atoms with Gasteiger partial charge in [0.15, 0.2) is 5.54 Å². The van der Waals surface area contributed by atoms with Crippen molar-refractivity contribution in [2.45, 2.75) is 19.0 Å². The van der Waals surface area contributed by atoms with Gasteiger partial charge in [0.05, 0.1) is 6.54 Å². The number of aryl methyl sites for hydroxylation is 1. The van der Waals surface area contributed by atoms with E-state index in [4.69, 9.17) is 4.74 Å². The minimum atomic E-state index is -1.45. The number of imide groups is 1. The Kier molecular flexibility index (Phi) is 4.83. The molecule has 2 aromatic carbocycles. The summed E-state index contributed by atoms with van der Waals surface area (Å²) in [4.78, 5) is 37.1. The molecule has 0 bridgehead atoms. The lowest BCUT2D eigenvalue weighted by Crippen LogP contribution is -2.49. The van der Waals surface area contributed by atoms with Gasteiger partial charge in [-0.3, -0.25) is 14.9 Å². The van der Waals surface area contributed by atoms with Crippen molar-refractivity contribution < 1.29 is 18.7 Å². The van der Waals surface area contributed by atoms with Crippen LogP contribution in [0.15, 0.2) is 71.7 Å². The van der Waals surface area contributed by atoms with Crippen molar-refractivity contribution in [3.8, 4) is 11.5 Å². The number of nitrogens with zero attached hydrogens (tertiary/aromatic N) is 1. The van der Waals surface area contributed by atoms with Crippen molar-refractivity contribution >= 4 is 11.9 Å². The Morgan fingerprint density at radius 3 is 2.43 bits per heavy atom. The minimum absolute atomic E-state index is 0.0742. The Morgan fingerprint density at radius 1 is 1.00 bits per heavy atom. The minimum Gasteiger partial charge on any atom is -0.457 e. The van der Waals surface area contributed by atoms with E-state index in [1.54, 1.807) is 55.6 Å². The van der Waals surface area contributed by atoms with Crippen molar-refractivity contribution in [1.29, 1.82) is 0 Å². The first kappa shape index (κ1) is 19.4. The molecule has 1 saturated heterocycles. The molecule has 7 nitrogen and oxygen atoms in total. The second-order valence-electron chi connectivity index (χ2n) is 7.02. The second kappa shape index (κ2) is 7.47. The highest BCUT2D eigenvalue weighted by molar-refractivity contribution is 6.07. The fourth-order valence-electron chi connectivity index (χ4n) is 3.41. The largest absolute Gasteiger partial charge is 0.457 e. The zero-order valence-electron chi connectivity index (χ0n) is 16.0. The molecule has 1 fully saturated rings. The quantitative estimate of drug-likeness (QED) is 0.637. The fourth-order valence-corrected chi connectivity index (χ4v) is 3.41. The molecule has 152 valence electrons. The van der Waals surface area contributed by atoms with E-state index in [0.717, 1.165) is 0 Å². The summed E-state index contributed by atoms with van der Waals surface area (Å²) in [6.45, 7) is 1.60. The molecule has 0 spiro atoms. The van der Waals surface area contributed by atoms with Crippen molar-refractivity contribution in [1.82, 2.24) is 15.2 Å². The third-order valence-corrected chi connectivity index (χ3v) is 4.94. The predicted octanol–water partition coefficient (Wildman–Crippen LogP) is 2.82. The van der Waals surface area contributed by atoms with Crippen LogP contribution < -0.4 is 20.9 Å². The lowest BCUT2D eigenvalue weighted by Gasteiger charge is -2.27. The molecule has 4 rings (SSSR count). The van der Waals surface area contributed by atoms with E-state index in [2.05, 4.69) is 10.6 Å². The van der Waals surface area contributed by atoms with E-state index >= 15 is 0 Å². The summed E-state index contributed by atoms with van der Waals surface area (Å²) in [6, 6.07) is 14.9. The molecule has 30 heavy (non-hydrogen) atoms. The number of ether oxygens (including phenoxy) is 1. The summed E-state index contributed by atoms with van der Waals surface area (Å²) in [5.41, 5.74) is -0.703. The smallest absolute Gasteiger partial charge is 0.322 e. The fraction of sp³-hybridized carbons (Fsp3) is 0.136. The topological polar surface area (TPSA) is 89.4 Å². The van der Waals surface area contributed by atoms with Crippen molar-refractivity contribution in [2.75, 3.05) is 0 Å². The van der Waals surface area contributed by atoms with Crippen LogP contribution in [0.25, 0.3) is 0 Å². The summed E-state index contributed by atoms with van der Waals surface area (Å²) in [6.07, 6.45) is 1.57. The Morgan fingerprint density at radius 2 is 1.77 bits per heavy atom. The van der Waals surface area contributed by atoms with E-state index in [-0.39, 0.29) is 12.1 Å². The van der Waals surface area contributed by atoms with Crippen molar-refractivity contribution in [3.05, 3.63) is 94.2 Å². The number of halogens is 1. The van der Waals surface area contributed by atoms with Gasteiger partial charge < -0.3 is 14.6 Å². The number of hydrogen-bond acceptors (Lipinski definition) is 4. The molecule has 0 saturated carbocycles. The number of carbonyl (C=O) groups is 2. The number of amides is 3. The lowest BCUT2D eigenvalue weighted by atomic mass is 9.89. The molecule has 0 radical (unpaired) electrons. The first-order valence-electron chi connectivity index (χ1n) is 9.21. The number of carbonyl (C=O) groups excluding carboxylic acids is 2. The molecule has 1 unspecified atom stereocenters. The maximum absolute atomic E-state index is 13.3. The Bertz CT molecular complexity index is 1190. The van der Waals surface area contributed by atoms with Crippen LogP contribution in [-0.4, -0.2) is 16.5 Å². The van der Waals surface area contributed by atoms with Gasteiger partial charge in [0.2, 0.25) is 0 Å². The van der Waals surface area contributed by atoms with Crippen LogP contribution in [-0.2, 0) is 16.9 Å². The number of urea groups is 1. The van der Waals surface area contributed by atoms with Gasteiger partial charge in [-0.25, -0.2) is 9.18 Å². The highest BCUT2D eigenvalue weighted by Crippen LogP contribution is 2.30. The monoisotopic (exact) mass is 407 g/mol. The summed E-state index contributed by atoms with van der Waals surface area (Å²) in [5.74, 6) is -0.218. The summed E-state index contributed by atoms with van der Waals surface area (Å²) in [5, 5.41) is 4.90. The number of aromatic nitrogens is 1. The highest BCUT2D eigenvalue weighted by Gasteiger charge is 2.48. The highest BCUT2D eigenvalue weighted by atomic mass is 19.1. The van der Waals surface area contributed by atoms with E-state index in [0.29, 0.717) is 22.6 Å². The molecule has 1 aromatic heterocycles. The van der Waals surface area contributed by atoms with Crippen LogP contribution in [0.3, 0.4) is 0 Å². The molecular weight excluding hydrogens is 389 g/mol. The molecule has 1 aliphatic rings. The van der Waals surface area contributed by atoms with Gasteiger partial charge in [-0.15, -0.1) is 0 Å². The van der Waals surface area contributed by atoms with Crippen LogP contribution in [0.5, 0.6) is 11.5 Å². The molecule has 2 heterocycles. The van der Waals surface area contributed by atoms with E-state index in [9.17, 15) is 18.8 Å². The van der Waals surface area contributed by atoms with Crippen LogP contribution >= 0.6 is 0 Å². The normalized spacial score (nSPS) is 18.1. The summed E-state index contributed by atoms with van der Waals surface area (Å²) < 4.78 is 20.4. The van der Waals surface area contributed by atoms with Gasteiger partial charge in [-0.2, -0.15) is 0 Å². The SMILES string of the molecule is Cc1cccn(CC2(c3ccc(Oc4cccc(F)c4)cc3)NC(=O)NC2=O)c1=O. The molecule has 8 heteroatoms. The van der Waals surface area contributed by atoms with Gasteiger partial charge in [0.1, 0.15) is 17.3 Å². The van der Waals surface area contributed by atoms with Crippen molar-refractivity contribution in [2.24, 2.45) is 0 Å². The average Bonchev–Trinajstić information content (AvgIpc) is 3.00. The standard InChI is InChI=1S/C22H18FN3O4/c1-14-4-3-11-26(19(14)27)13-22(20(28)24-21(29)25-22)15-7-9-17(10-8-15)30-18-6-2-5-16(23)12-18/h2-12H,13H2,1H3,(H2,24,25,28,29). The maximum atomic E-state index is 13.3. The third-order valence-electron chi connectivity index (χ3n) is 4.94. The van der Waals surface area contributed by atoms with Crippen LogP contribution in [0.2, 0.25) is 0 Å². The lowest BCUT2D eigenvalue weighted by molar-refractivity contribution is -0.124. The van der Waals surface area contributed by atoms with Crippen LogP contribution in [0.1, 0.15) is 11.1 Å². The van der Waals surface area contributed by atoms with Gasteiger partial charge in [0, 0.05) is 17.8 Å². The predicted molar refractivity (Wildman–Crippen MR) is 107 cm³/mol. The number of benzene rings is 2. The van der Waals surface area contributed by atoms with E-state index in [1.165, 1.54) is 22.8 Å². The van der Waals surface area contributed by atoms with Gasteiger partial charge >= 0.3 is 6.03 Å². The van der Waals surface area contributed by atoms with E-state index < -0.39 is 23.3 Å². The van der Waals surface area contributed by atoms with Crippen molar-refractivity contribution in [3.63, 3.8) is 0 Å². The molecule has 2 N–H and O–H groups in total. The first-order valence-corrected chi connectivity index (χ1v) is 9.21. The zero-order valence-corrected chi connectivity index (χ0v) is 16.0. The van der Waals surface area contributed by atoms with Gasteiger partial charge in [-0.1, -0.05) is 24.3 Å². The molecular formula is C22H18FN3O4. The number of pyridine rings is 1. The number of rotatable bonds is 5. The molecule has 3 amide bonds. The number of hydrogen-bond donors (Lipinski definition) is 2. The molecule has 1 atom stereocenters.